The zero-order valence-corrected chi connectivity index (χ0v) is 14.5. The van der Waals surface area contributed by atoms with Gasteiger partial charge in [-0.1, -0.05) is 6.07 Å². The van der Waals surface area contributed by atoms with E-state index >= 15 is 0 Å². The third kappa shape index (κ3) is 2.85. The van der Waals surface area contributed by atoms with E-state index in [1.807, 2.05) is 53.2 Å². The SMILES string of the molecule is Cc1ccsc1C(=O)N1CC2(CC(Oc3ccccn3)CS2)C1. The van der Waals surface area contributed by atoms with Gasteiger partial charge in [-0.15, -0.1) is 23.1 Å². The highest BCUT2D eigenvalue weighted by molar-refractivity contribution is 8.01. The van der Waals surface area contributed by atoms with Crippen LogP contribution in [0.2, 0.25) is 0 Å². The number of rotatable bonds is 3. The minimum atomic E-state index is 0.179. The largest absolute Gasteiger partial charge is 0.473 e. The van der Waals surface area contributed by atoms with Crippen LogP contribution in [0.4, 0.5) is 0 Å². The Morgan fingerprint density at radius 1 is 1.39 bits per heavy atom. The number of ether oxygens (including phenoxy) is 1. The number of pyridine rings is 1. The molecule has 4 rings (SSSR count). The molecular formula is C17H18N2O2S2. The van der Waals surface area contributed by atoms with Crippen LogP contribution in [0.25, 0.3) is 0 Å². The van der Waals surface area contributed by atoms with Gasteiger partial charge in [0.15, 0.2) is 0 Å². The van der Waals surface area contributed by atoms with Crippen molar-refractivity contribution >= 4 is 29.0 Å². The van der Waals surface area contributed by atoms with Crippen molar-refractivity contribution in [3.05, 3.63) is 46.3 Å². The second-order valence-corrected chi connectivity index (χ2v) is 8.60. The quantitative estimate of drug-likeness (QED) is 0.856. The van der Waals surface area contributed by atoms with E-state index in [4.69, 9.17) is 4.74 Å². The Bertz CT molecular complexity index is 710. The summed E-state index contributed by atoms with van der Waals surface area (Å²) >= 11 is 3.48. The Morgan fingerprint density at radius 3 is 2.96 bits per heavy atom. The van der Waals surface area contributed by atoms with Gasteiger partial charge in [-0.3, -0.25) is 4.79 Å². The Morgan fingerprint density at radius 2 is 2.26 bits per heavy atom. The maximum absolute atomic E-state index is 12.5. The minimum Gasteiger partial charge on any atom is -0.473 e. The summed E-state index contributed by atoms with van der Waals surface area (Å²) in [5.74, 6) is 1.84. The highest BCUT2D eigenvalue weighted by Crippen LogP contribution is 2.46. The molecule has 0 N–H and O–H groups in total. The predicted molar refractivity (Wildman–Crippen MR) is 93.4 cm³/mol. The highest BCUT2D eigenvalue weighted by Gasteiger charge is 2.51. The van der Waals surface area contributed by atoms with Crippen LogP contribution >= 0.6 is 23.1 Å². The topological polar surface area (TPSA) is 42.4 Å². The lowest BCUT2D eigenvalue weighted by atomic mass is 9.92. The molecule has 1 atom stereocenters. The fraction of sp³-hybridized carbons (Fsp3) is 0.412. The molecule has 2 aliphatic rings. The molecule has 2 fully saturated rings. The van der Waals surface area contributed by atoms with E-state index < -0.39 is 0 Å². The van der Waals surface area contributed by atoms with Gasteiger partial charge >= 0.3 is 0 Å². The van der Waals surface area contributed by atoms with Crippen LogP contribution in [0.1, 0.15) is 21.7 Å². The third-order valence-corrected chi connectivity index (χ3v) is 6.98. The summed E-state index contributed by atoms with van der Waals surface area (Å²) < 4.78 is 6.14. The van der Waals surface area contributed by atoms with Gasteiger partial charge in [0.05, 0.1) is 9.62 Å². The van der Waals surface area contributed by atoms with Gasteiger partial charge in [0.2, 0.25) is 5.88 Å². The summed E-state index contributed by atoms with van der Waals surface area (Å²) in [6.45, 7) is 3.66. The first-order valence-electron chi connectivity index (χ1n) is 7.70. The smallest absolute Gasteiger partial charge is 0.264 e. The van der Waals surface area contributed by atoms with E-state index in [9.17, 15) is 4.79 Å². The van der Waals surface area contributed by atoms with E-state index in [1.165, 1.54) is 11.3 Å². The van der Waals surface area contributed by atoms with Crippen LogP contribution in [0, 0.1) is 6.92 Å². The molecule has 0 radical (unpaired) electrons. The Kier molecular flexibility index (Phi) is 3.81. The molecule has 2 aliphatic heterocycles. The molecule has 1 amide bonds. The molecule has 1 spiro atoms. The molecule has 0 bridgehead atoms. The van der Waals surface area contributed by atoms with Crippen molar-refractivity contribution in [1.29, 1.82) is 0 Å². The number of carbonyl (C=O) groups is 1. The molecule has 4 nitrogen and oxygen atoms in total. The molecule has 0 aromatic carbocycles. The molecule has 2 aromatic heterocycles. The fourth-order valence-electron chi connectivity index (χ4n) is 3.21. The van der Waals surface area contributed by atoms with E-state index in [0.29, 0.717) is 5.88 Å². The van der Waals surface area contributed by atoms with E-state index in [0.717, 1.165) is 35.7 Å². The first-order chi connectivity index (χ1) is 11.2. The number of thiophene rings is 1. The monoisotopic (exact) mass is 346 g/mol. The van der Waals surface area contributed by atoms with E-state index in [1.54, 1.807) is 6.20 Å². The van der Waals surface area contributed by atoms with Crippen molar-refractivity contribution in [3.63, 3.8) is 0 Å². The third-order valence-electron chi connectivity index (χ3n) is 4.40. The predicted octanol–water partition coefficient (Wildman–Crippen LogP) is 3.23. The molecular weight excluding hydrogens is 328 g/mol. The summed E-state index contributed by atoms with van der Waals surface area (Å²) in [4.78, 5) is 19.6. The van der Waals surface area contributed by atoms with Gasteiger partial charge in [-0.05, 0) is 30.0 Å². The van der Waals surface area contributed by atoms with Gasteiger partial charge < -0.3 is 9.64 Å². The number of likely N-dealkylation sites (tertiary alicyclic amines) is 1. The van der Waals surface area contributed by atoms with Crippen LogP contribution in [-0.2, 0) is 0 Å². The van der Waals surface area contributed by atoms with Gasteiger partial charge in [0, 0.05) is 37.5 Å². The second-order valence-electron chi connectivity index (χ2n) is 6.20. The molecule has 1 unspecified atom stereocenters. The summed E-state index contributed by atoms with van der Waals surface area (Å²) in [5.41, 5.74) is 1.08. The van der Waals surface area contributed by atoms with Crippen molar-refractivity contribution in [2.24, 2.45) is 0 Å². The number of carbonyl (C=O) groups excluding carboxylic acids is 1. The summed E-state index contributed by atoms with van der Waals surface area (Å²) in [6, 6.07) is 7.73. The molecule has 2 aromatic rings. The Balaban J connectivity index is 1.35. The van der Waals surface area contributed by atoms with Gasteiger partial charge in [-0.25, -0.2) is 4.98 Å². The molecule has 120 valence electrons. The van der Waals surface area contributed by atoms with Crippen molar-refractivity contribution in [2.45, 2.75) is 24.2 Å². The highest BCUT2D eigenvalue weighted by atomic mass is 32.2. The minimum absolute atomic E-state index is 0.179. The lowest BCUT2D eigenvalue weighted by molar-refractivity contribution is 0.0520. The maximum atomic E-state index is 12.5. The molecule has 2 saturated heterocycles. The van der Waals surface area contributed by atoms with Crippen LogP contribution in [0.5, 0.6) is 5.88 Å². The summed E-state index contributed by atoms with van der Waals surface area (Å²) in [7, 11) is 0. The van der Waals surface area contributed by atoms with Crippen molar-refractivity contribution in [3.8, 4) is 5.88 Å². The number of hydrogen-bond acceptors (Lipinski definition) is 5. The molecule has 0 aliphatic carbocycles. The molecule has 23 heavy (non-hydrogen) atoms. The van der Waals surface area contributed by atoms with Gasteiger partial charge in [-0.2, -0.15) is 0 Å². The normalized spacial score (nSPS) is 22.1. The van der Waals surface area contributed by atoms with Crippen LogP contribution in [0.3, 0.4) is 0 Å². The Hall–Kier alpha value is -1.53. The average Bonchev–Trinajstić information content (AvgIpc) is 3.13. The number of thioether (sulfide) groups is 1. The number of aryl methyl sites for hydroxylation is 1. The van der Waals surface area contributed by atoms with Crippen molar-refractivity contribution < 1.29 is 9.53 Å². The lowest BCUT2D eigenvalue weighted by Crippen LogP contribution is -2.60. The number of nitrogens with zero attached hydrogens (tertiary/aromatic N) is 2. The summed E-state index contributed by atoms with van der Waals surface area (Å²) in [6.07, 6.45) is 2.93. The van der Waals surface area contributed by atoms with Gasteiger partial charge in [0.1, 0.15) is 6.10 Å². The number of aromatic nitrogens is 1. The first kappa shape index (κ1) is 15.0. The Labute approximate surface area is 143 Å². The maximum Gasteiger partial charge on any atom is 0.264 e. The first-order valence-corrected chi connectivity index (χ1v) is 9.57. The number of hydrogen-bond donors (Lipinski definition) is 0. The van der Waals surface area contributed by atoms with Gasteiger partial charge in [0.25, 0.3) is 5.91 Å². The van der Waals surface area contributed by atoms with Crippen LogP contribution < -0.4 is 4.74 Å². The van der Waals surface area contributed by atoms with E-state index in [2.05, 4.69) is 4.98 Å². The number of amides is 1. The van der Waals surface area contributed by atoms with E-state index in [-0.39, 0.29) is 16.8 Å². The molecule has 4 heterocycles. The lowest BCUT2D eigenvalue weighted by Gasteiger charge is -2.47. The van der Waals surface area contributed by atoms with Crippen molar-refractivity contribution in [1.82, 2.24) is 9.88 Å². The summed E-state index contributed by atoms with van der Waals surface area (Å²) in [5, 5.41) is 1.99. The second kappa shape index (κ2) is 5.83. The van der Waals surface area contributed by atoms with Crippen molar-refractivity contribution in [2.75, 3.05) is 18.8 Å². The molecule has 0 saturated carbocycles. The van der Waals surface area contributed by atoms with Crippen LogP contribution in [-0.4, -0.2) is 45.5 Å². The average molecular weight is 346 g/mol. The van der Waals surface area contributed by atoms with Crippen LogP contribution in [0.15, 0.2) is 35.8 Å². The fourth-order valence-corrected chi connectivity index (χ4v) is 5.63. The zero-order valence-electron chi connectivity index (χ0n) is 12.9. The standard InChI is InChI=1S/C17H18N2O2S2/c1-12-5-7-22-15(12)16(20)19-10-17(11-19)8-13(9-23-17)21-14-4-2-3-6-18-14/h2-7,13H,8-11H2,1H3. The zero-order chi connectivity index (χ0) is 15.9. The molecule has 6 heteroatoms.